The third-order valence-electron chi connectivity index (χ3n) is 2.93. The van der Waals surface area contributed by atoms with Gasteiger partial charge >= 0.3 is 8.80 Å². The molecule has 0 aromatic heterocycles. The second kappa shape index (κ2) is 8.87. The molecule has 1 aromatic rings. The minimum absolute atomic E-state index is 0.808. The normalized spacial score (nSPS) is 11.9. The van der Waals surface area contributed by atoms with Crippen LogP contribution in [0.1, 0.15) is 12.0 Å². The molecule has 0 aliphatic carbocycles. The number of hydrogen-bond donors (Lipinski definition) is 1. The molecule has 5 heteroatoms. The lowest BCUT2D eigenvalue weighted by Crippen LogP contribution is -2.43. The van der Waals surface area contributed by atoms with Gasteiger partial charge in [0.05, 0.1) is 0 Å². The summed E-state index contributed by atoms with van der Waals surface area (Å²) in [7, 11) is 2.52. The fraction of sp³-hybridized carbons (Fsp3) is 0.429. The molecule has 19 heavy (non-hydrogen) atoms. The maximum absolute atomic E-state index is 5.36. The predicted molar refractivity (Wildman–Crippen MR) is 79.7 cm³/mol. The number of hydrogen-bond acceptors (Lipinski definition) is 4. The van der Waals surface area contributed by atoms with Crippen molar-refractivity contribution < 1.29 is 13.3 Å². The predicted octanol–water partition coefficient (Wildman–Crippen LogP) is 2.52. The third kappa shape index (κ3) is 5.57. The van der Waals surface area contributed by atoms with Gasteiger partial charge in [0.25, 0.3) is 0 Å². The smallest absolute Gasteiger partial charge is 0.391 e. The highest BCUT2D eigenvalue weighted by Gasteiger charge is 2.36. The molecule has 1 rings (SSSR count). The van der Waals surface area contributed by atoms with Gasteiger partial charge in [0.1, 0.15) is 0 Å². The molecule has 0 spiro atoms. The van der Waals surface area contributed by atoms with Crippen molar-refractivity contribution in [2.75, 3.05) is 27.9 Å². The van der Waals surface area contributed by atoms with Gasteiger partial charge in [-0.3, -0.25) is 0 Å². The largest absolute Gasteiger partial charge is 0.500 e. The Hall–Kier alpha value is -1.14. The average molecular weight is 281 g/mol. The lowest BCUT2D eigenvalue weighted by atomic mass is 10.2. The highest BCUT2D eigenvalue weighted by atomic mass is 28.4. The van der Waals surface area contributed by atoms with E-state index in [0.717, 1.165) is 19.0 Å². The van der Waals surface area contributed by atoms with Crippen LogP contribution in [0.3, 0.4) is 0 Å². The van der Waals surface area contributed by atoms with E-state index in [1.165, 1.54) is 5.56 Å². The first-order valence-electron chi connectivity index (χ1n) is 6.37. The van der Waals surface area contributed by atoms with Gasteiger partial charge in [0.15, 0.2) is 0 Å². The fourth-order valence-electron chi connectivity index (χ4n) is 1.77. The van der Waals surface area contributed by atoms with Crippen LogP contribution < -0.4 is 5.32 Å². The zero-order chi connectivity index (χ0) is 14.0. The van der Waals surface area contributed by atoms with Gasteiger partial charge in [-0.05, 0) is 24.3 Å². The molecule has 0 atom stereocenters. The molecule has 4 nitrogen and oxygen atoms in total. The minimum atomic E-state index is -2.41. The molecule has 0 radical (unpaired) electrons. The number of rotatable bonds is 9. The standard InChI is InChI=1S/C14H23NO3Si/c1-16-19(17-2,18-3)13-7-11-15-12-10-14-8-5-4-6-9-14/h4-6,8-10,12,15H,7,11,13H2,1-3H3. The van der Waals surface area contributed by atoms with Gasteiger partial charge in [-0.1, -0.05) is 30.3 Å². The first kappa shape index (κ1) is 15.9. The highest BCUT2D eigenvalue weighted by Crippen LogP contribution is 2.14. The Morgan fingerprint density at radius 1 is 1.05 bits per heavy atom. The maximum Gasteiger partial charge on any atom is 0.500 e. The molecule has 0 unspecified atom stereocenters. The van der Waals surface area contributed by atoms with Crippen LogP contribution in [-0.4, -0.2) is 36.7 Å². The SMILES string of the molecule is CO[Si](CCCNC=Cc1ccccc1)(OC)OC. The van der Waals surface area contributed by atoms with E-state index >= 15 is 0 Å². The summed E-state index contributed by atoms with van der Waals surface area (Å²) in [6.07, 6.45) is 4.96. The molecule has 1 aromatic carbocycles. The summed E-state index contributed by atoms with van der Waals surface area (Å²) in [5.41, 5.74) is 1.18. The second-order valence-electron chi connectivity index (χ2n) is 4.10. The van der Waals surface area contributed by atoms with E-state index in [2.05, 4.69) is 17.4 Å². The van der Waals surface area contributed by atoms with E-state index in [-0.39, 0.29) is 0 Å². The molecule has 0 saturated carbocycles. The molecule has 0 amide bonds. The van der Waals surface area contributed by atoms with Gasteiger partial charge in [-0.25, -0.2) is 0 Å². The topological polar surface area (TPSA) is 39.7 Å². The lowest BCUT2D eigenvalue weighted by molar-refractivity contribution is 0.123. The number of nitrogens with one attached hydrogen (secondary N) is 1. The molecule has 0 saturated heterocycles. The fourth-order valence-corrected chi connectivity index (χ4v) is 3.49. The summed E-state index contributed by atoms with van der Waals surface area (Å²) in [6, 6.07) is 11.0. The zero-order valence-electron chi connectivity index (χ0n) is 11.9. The van der Waals surface area contributed by atoms with Crippen molar-refractivity contribution in [2.24, 2.45) is 0 Å². The summed E-state index contributed by atoms with van der Waals surface area (Å²) in [5.74, 6) is 0. The van der Waals surface area contributed by atoms with Gasteiger partial charge in [0, 0.05) is 33.9 Å². The van der Waals surface area contributed by atoms with Crippen molar-refractivity contribution in [3.05, 3.63) is 42.1 Å². The van der Waals surface area contributed by atoms with Crippen LogP contribution in [0.5, 0.6) is 0 Å². The Balaban J connectivity index is 2.22. The Morgan fingerprint density at radius 2 is 1.68 bits per heavy atom. The van der Waals surface area contributed by atoms with Crippen molar-refractivity contribution in [3.8, 4) is 0 Å². The van der Waals surface area contributed by atoms with Crippen molar-refractivity contribution in [1.29, 1.82) is 0 Å². The summed E-state index contributed by atoms with van der Waals surface area (Å²) < 4.78 is 16.1. The first-order valence-corrected chi connectivity index (χ1v) is 8.30. The Labute approximate surface area is 116 Å². The molecule has 0 aliphatic heterocycles. The van der Waals surface area contributed by atoms with Crippen molar-refractivity contribution >= 4 is 14.9 Å². The van der Waals surface area contributed by atoms with E-state index in [1.54, 1.807) is 21.3 Å². The van der Waals surface area contributed by atoms with Crippen molar-refractivity contribution in [3.63, 3.8) is 0 Å². The van der Waals surface area contributed by atoms with Gasteiger partial charge < -0.3 is 18.6 Å². The van der Waals surface area contributed by atoms with E-state index in [1.807, 2.05) is 30.5 Å². The van der Waals surface area contributed by atoms with E-state index in [4.69, 9.17) is 13.3 Å². The third-order valence-corrected chi connectivity index (χ3v) is 5.76. The van der Waals surface area contributed by atoms with Crippen LogP contribution in [0.2, 0.25) is 6.04 Å². The Bertz CT molecular complexity index is 358. The van der Waals surface area contributed by atoms with Crippen LogP contribution in [0.25, 0.3) is 6.08 Å². The van der Waals surface area contributed by atoms with Crippen LogP contribution in [-0.2, 0) is 13.3 Å². The molecule has 0 bridgehead atoms. The maximum atomic E-state index is 5.36. The first-order chi connectivity index (χ1) is 9.26. The van der Waals surface area contributed by atoms with Crippen molar-refractivity contribution in [2.45, 2.75) is 12.5 Å². The average Bonchev–Trinajstić information content (AvgIpc) is 2.48. The summed E-state index contributed by atoms with van der Waals surface area (Å²) in [5, 5.41) is 3.25. The molecule has 0 heterocycles. The van der Waals surface area contributed by atoms with E-state index < -0.39 is 8.80 Å². The van der Waals surface area contributed by atoms with Crippen LogP contribution in [0, 0.1) is 0 Å². The molecule has 0 fully saturated rings. The summed E-state index contributed by atoms with van der Waals surface area (Å²) in [6.45, 7) is 0.869. The molecule has 1 N–H and O–H groups in total. The molecule has 106 valence electrons. The van der Waals surface area contributed by atoms with Gasteiger partial charge in [-0.2, -0.15) is 0 Å². The summed E-state index contributed by atoms with van der Waals surface area (Å²) >= 11 is 0. The van der Waals surface area contributed by atoms with Gasteiger partial charge in [-0.15, -0.1) is 0 Å². The highest BCUT2D eigenvalue weighted by molar-refractivity contribution is 6.60. The monoisotopic (exact) mass is 281 g/mol. The number of benzene rings is 1. The van der Waals surface area contributed by atoms with Crippen LogP contribution in [0.4, 0.5) is 0 Å². The quantitative estimate of drug-likeness (QED) is 0.558. The lowest BCUT2D eigenvalue weighted by Gasteiger charge is -2.24. The Morgan fingerprint density at radius 3 is 2.26 bits per heavy atom. The second-order valence-corrected chi connectivity index (χ2v) is 7.19. The zero-order valence-corrected chi connectivity index (χ0v) is 12.9. The summed E-state index contributed by atoms with van der Waals surface area (Å²) in [4.78, 5) is 0. The van der Waals surface area contributed by atoms with Gasteiger partial charge in [0.2, 0.25) is 0 Å². The van der Waals surface area contributed by atoms with E-state index in [9.17, 15) is 0 Å². The minimum Gasteiger partial charge on any atom is -0.391 e. The molecule has 0 aliphatic rings. The molecular weight excluding hydrogens is 258 g/mol. The molecular formula is C14H23NO3Si. The van der Waals surface area contributed by atoms with Crippen LogP contribution >= 0.6 is 0 Å². The van der Waals surface area contributed by atoms with E-state index in [0.29, 0.717) is 0 Å². The van der Waals surface area contributed by atoms with Crippen molar-refractivity contribution in [1.82, 2.24) is 5.32 Å². The van der Waals surface area contributed by atoms with Crippen LogP contribution in [0.15, 0.2) is 36.5 Å². The Kier molecular flexibility index (Phi) is 7.43.